The zero-order valence-electron chi connectivity index (χ0n) is 20.1. The van der Waals surface area contributed by atoms with Gasteiger partial charge in [-0.05, 0) is 82.1 Å². The van der Waals surface area contributed by atoms with Crippen LogP contribution in [0.3, 0.4) is 0 Å². The molecule has 2 aromatic heterocycles. The third kappa shape index (κ3) is 7.22. The highest BCUT2D eigenvalue weighted by Crippen LogP contribution is 2.26. The lowest BCUT2D eigenvalue weighted by Crippen LogP contribution is -2.28. The van der Waals surface area contributed by atoms with Crippen molar-refractivity contribution in [2.75, 3.05) is 26.2 Å². The number of halogens is 1. The minimum Gasteiger partial charge on any atom is -0.494 e. The van der Waals surface area contributed by atoms with Gasteiger partial charge < -0.3 is 19.5 Å². The van der Waals surface area contributed by atoms with Gasteiger partial charge in [-0.25, -0.2) is 4.98 Å². The van der Waals surface area contributed by atoms with E-state index in [0.29, 0.717) is 0 Å². The Labute approximate surface area is 199 Å². The molecule has 0 unspecified atom stereocenters. The molecular weight excluding hydrogens is 422 g/mol. The first-order chi connectivity index (χ1) is 14.6. The fraction of sp³-hybridized carbons (Fsp3) is 0.500. The molecule has 0 bridgehead atoms. The second kappa shape index (κ2) is 14.1. The first-order valence-corrected chi connectivity index (χ1v) is 11.5. The minimum absolute atomic E-state index is 0. The molecule has 5 nitrogen and oxygen atoms in total. The lowest BCUT2D eigenvalue weighted by atomic mass is 10.1. The Kier molecular flexibility index (Phi) is 12.4. The van der Waals surface area contributed by atoms with Crippen molar-refractivity contribution in [2.24, 2.45) is 0 Å². The van der Waals surface area contributed by atoms with Crippen LogP contribution in [-0.4, -0.2) is 46.0 Å². The lowest BCUT2D eigenvalue weighted by Gasteiger charge is -2.21. The maximum absolute atomic E-state index is 6.01. The molecule has 0 saturated heterocycles. The Balaban J connectivity index is 0.00000256. The highest BCUT2D eigenvalue weighted by molar-refractivity contribution is 5.85. The van der Waals surface area contributed by atoms with Crippen LogP contribution >= 0.6 is 12.4 Å². The average molecular weight is 462 g/mol. The van der Waals surface area contributed by atoms with E-state index in [-0.39, 0.29) is 17.9 Å². The number of benzene rings is 1. The molecule has 0 atom stereocenters. The monoisotopic (exact) mass is 461 g/mol. The summed E-state index contributed by atoms with van der Waals surface area (Å²) in [4.78, 5) is 7.46. The Hall–Kier alpha value is -2.08. The van der Waals surface area contributed by atoms with E-state index in [4.69, 9.17) is 9.72 Å². The van der Waals surface area contributed by atoms with Crippen molar-refractivity contribution >= 4 is 18.1 Å². The predicted molar refractivity (Wildman–Crippen MR) is 137 cm³/mol. The van der Waals surface area contributed by atoms with Crippen LogP contribution in [0.1, 0.15) is 57.2 Å². The van der Waals surface area contributed by atoms with E-state index in [2.05, 4.69) is 79.6 Å². The minimum atomic E-state index is 0. The zero-order valence-corrected chi connectivity index (χ0v) is 20.9. The van der Waals surface area contributed by atoms with E-state index >= 15 is 0 Å². The fourth-order valence-electron chi connectivity index (χ4n) is 3.88. The van der Waals surface area contributed by atoms with E-state index in [1.165, 1.54) is 50.0 Å². The van der Waals surface area contributed by atoms with Crippen molar-refractivity contribution in [1.29, 1.82) is 0 Å². The van der Waals surface area contributed by atoms with Crippen LogP contribution in [0.5, 0.6) is 5.75 Å². The van der Waals surface area contributed by atoms with Crippen LogP contribution in [0.15, 0.2) is 42.6 Å². The number of aryl methyl sites for hydroxylation is 2. The highest BCUT2D eigenvalue weighted by atomic mass is 35.5. The van der Waals surface area contributed by atoms with E-state index in [1.807, 2.05) is 0 Å². The molecular formula is C26H40ClN3O2. The second-order valence-electron chi connectivity index (χ2n) is 8.21. The predicted octanol–water partition coefficient (Wildman–Crippen LogP) is 5.89. The van der Waals surface area contributed by atoms with Crippen LogP contribution in [-0.2, 0) is 0 Å². The molecule has 6 heteroatoms. The topological polar surface area (TPSA) is 61.3 Å². The molecule has 0 spiro atoms. The standard InChI is InChI=1S/C26H37N3O.ClH.H2O/c1-5-7-16-28(17-8-6-2)18-10-20-30-24-14-12-23(13-15-24)25-22(4)29-19-9-11-21(3)26(29)27-25;;/h9,11-15,19H,5-8,10,16-18,20H2,1-4H3;1H;1H2. The summed E-state index contributed by atoms with van der Waals surface area (Å²) in [5, 5.41) is 0. The maximum atomic E-state index is 6.01. The summed E-state index contributed by atoms with van der Waals surface area (Å²) < 4.78 is 8.18. The van der Waals surface area contributed by atoms with E-state index in [0.717, 1.165) is 42.2 Å². The second-order valence-corrected chi connectivity index (χ2v) is 8.21. The summed E-state index contributed by atoms with van der Waals surface area (Å²) in [6, 6.07) is 12.6. The molecule has 0 saturated carbocycles. The summed E-state index contributed by atoms with van der Waals surface area (Å²) in [6.07, 6.45) is 8.24. The number of fused-ring (bicyclic) bond motifs is 1. The number of aromatic nitrogens is 2. The summed E-state index contributed by atoms with van der Waals surface area (Å²) in [7, 11) is 0. The largest absolute Gasteiger partial charge is 0.494 e. The number of hydrogen-bond donors (Lipinski definition) is 0. The summed E-state index contributed by atoms with van der Waals surface area (Å²) in [6.45, 7) is 13.1. The van der Waals surface area contributed by atoms with E-state index < -0.39 is 0 Å². The molecule has 2 heterocycles. The van der Waals surface area contributed by atoms with Gasteiger partial charge in [-0.15, -0.1) is 12.4 Å². The van der Waals surface area contributed by atoms with Crippen molar-refractivity contribution in [3.8, 4) is 17.0 Å². The summed E-state index contributed by atoms with van der Waals surface area (Å²) in [5.74, 6) is 0.935. The number of pyridine rings is 1. The normalized spacial score (nSPS) is 10.8. The van der Waals surface area contributed by atoms with Gasteiger partial charge in [-0.1, -0.05) is 32.8 Å². The molecule has 0 aliphatic rings. The number of unbranched alkanes of at least 4 members (excludes halogenated alkanes) is 2. The van der Waals surface area contributed by atoms with Crippen molar-refractivity contribution in [2.45, 2.75) is 59.8 Å². The molecule has 0 radical (unpaired) electrons. The van der Waals surface area contributed by atoms with Gasteiger partial charge in [0.2, 0.25) is 0 Å². The van der Waals surface area contributed by atoms with Gasteiger partial charge in [0.1, 0.15) is 11.4 Å². The lowest BCUT2D eigenvalue weighted by molar-refractivity contribution is 0.229. The smallest absolute Gasteiger partial charge is 0.140 e. The van der Waals surface area contributed by atoms with E-state index in [1.54, 1.807) is 0 Å². The molecule has 2 N–H and O–H groups in total. The van der Waals surface area contributed by atoms with Crippen LogP contribution in [0.2, 0.25) is 0 Å². The Morgan fingerprint density at radius 3 is 2.12 bits per heavy atom. The summed E-state index contributed by atoms with van der Waals surface area (Å²) >= 11 is 0. The fourth-order valence-corrected chi connectivity index (χ4v) is 3.88. The number of ether oxygens (including phenoxy) is 1. The summed E-state index contributed by atoms with van der Waals surface area (Å²) in [5.41, 5.74) is 5.56. The van der Waals surface area contributed by atoms with Crippen LogP contribution in [0, 0.1) is 13.8 Å². The Morgan fingerprint density at radius 1 is 0.906 bits per heavy atom. The first kappa shape index (κ1) is 28.0. The third-order valence-electron chi connectivity index (χ3n) is 5.75. The molecule has 32 heavy (non-hydrogen) atoms. The first-order valence-electron chi connectivity index (χ1n) is 11.5. The molecule has 0 aliphatic carbocycles. The number of imidazole rings is 1. The SMILES string of the molecule is CCCCN(CCCC)CCCOc1ccc(-c2nc3c(C)cccn3c2C)cc1.Cl.O. The third-order valence-corrected chi connectivity index (χ3v) is 5.75. The van der Waals surface area contributed by atoms with Crippen molar-refractivity contribution in [3.05, 3.63) is 53.9 Å². The molecule has 0 aliphatic heterocycles. The van der Waals surface area contributed by atoms with Gasteiger partial charge in [-0.2, -0.15) is 0 Å². The average Bonchev–Trinajstić information content (AvgIpc) is 3.11. The van der Waals surface area contributed by atoms with Crippen LogP contribution in [0.25, 0.3) is 16.9 Å². The van der Waals surface area contributed by atoms with Gasteiger partial charge in [0.15, 0.2) is 0 Å². The molecule has 0 amide bonds. The van der Waals surface area contributed by atoms with Crippen molar-refractivity contribution < 1.29 is 10.2 Å². The van der Waals surface area contributed by atoms with Gasteiger partial charge in [-0.3, -0.25) is 0 Å². The molecule has 178 valence electrons. The van der Waals surface area contributed by atoms with E-state index in [9.17, 15) is 0 Å². The molecule has 1 aromatic carbocycles. The quantitative estimate of drug-likeness (QED) is 0.316. The van der Waals surface area contributed by atoms with Gasteiger partial charge in [0, 0.05) is 24.0 Å². The zero-order chi connectivity index (χ0) is 21.3. The number of hydrogen-bond acceptors (Lipinski definition) is 3. The van der Waals surface area contributed by atoms with Gasteiger partial charge in [0.05, 0.1) is 12.3 Å². The number of nitrogens with zero attached hydrogens (tertiary/aromatic N) is 3. The molecule has 0 fully saturated rings. The van der Waals surface area contributed by atoms with Crippen molar-refractivity contribution in [1.82, 2.24) is 14.3 Å². The van der Waals surface area contributed by atoms with Crippen LogP contribution < -0.4 is 4.74 Å². The number of rotatable bonds is 12. The van der Waals surface area contributed by atoms with Crippen LogP contribution in [0.4, 0.5) is 0 Å². The van der Waals surface area contributed by atoms with Crippen molar-refractivity contribution in [3.63, 3.8) is 0 Å². The highest BCUT2D eigenvalue weighted by Gasteiger charge is 2.11. The molecule has 3 aromatic rings. The Bertz CT molecular complexity index is 917. The van der Waals surface area contributed by atoms with Gasteiger partial charge >= 0.3 is 0 Å². The van der Waals surface area contributed by atoms with Gasteiger partial charge in [0.25, 0.3) is 0 Å². The molecule has 3 rings (SSSR count). The maximum Gasteiger partial charge on any atom is 0.140 e. The Morgan fingerprint density at radius 2 is 1.53 bits per heavy atom.